The van der Waals surface area contributed by atoms with Crippen molar-refractivity contribution in [1.29, 1.82) is 0 Å². The molecular weight excluding hydrogens is 344 g/mol. The van der Waals surface area contributed by atoms with Gasteiger partial charge in [0, 0.05) is 11.8 Å². The van der Waals surface area contributed by atoms with Crippen molar-refractivity contribution >= 4 is 34.4 Å². The van der Waals surface area contributed by atoms with Crippen molar-refractivity contribution in [3.05, 3.63) is 59.8 Å². The number of hydrogen-bond donors (Lipinski definition) is 1. The summed E-state index contributed by atoms with van der Waals surface area (Å²) in [5.74, 6) is -2.29. The number of carbonyl (C=O) groups is 1. The third kappa shape index (κ3) is 3.93. The quantitative estimate of drug-likeness (QED) is 0.704. The minimum Gasteiger partial charge on any atom is -0.325 e. The summed E-state index contributed by atoms with van der Waals surface area (Å²) in [5, 5.41) is 2.75. The molecule has 3 rings (SSSR count). The van der Waals surface area contributed by atoms with Crippen LogP contribution in [0.15, 0.2) is 47.5 Å². The number of benzene rings is 2. The van der Waals surface area contributed by atoms with Gasteiger partial charge >= 0.3 is 0 Å². The van der Waals surface area contributed by atoms with Crippen LogP contribution in [0.25, 0.3) is 11.0 Å². The molecule has 1 amide bonds. The summed E-state index contributed by atoms with van der Waals surface area (Å²) < 4.78 is 26.2. The van der Waals surface area contributed by atoms with Crippen molar-refractivity contribution in [1.82, 2.24) is 9.97 Å². The van der Waals surface area contributed by atoms with Gasteiger partial charge in [-0.3, -0.25) is 4.79 Å². The highest BCUT2D eigenvalue weighted by molar-refractivity contribution is 8.00. The van der Waals surface area contributed by atoms with Crippen LogP contribution in [-0.4, -0.2) is 21.1 Å². The van der Waals surface area contributed by atoms with Crippen molar-refractivity contribution in [3.63, 3.8) is 0 Å². The predicted octanol–water partition coefficient (Wildman–Crippen LogP) is 4.34. The van der Waals surface area contributed by atoms with Gasteiger partial charge in [0.2, 0.25) is 5.91 Å². The fourth-order valence-electron chi connectivity index (χ4n) is 2.22. The Balaban J connectivity index is 1.74. The molecule has 0 aliphatic rings. The summed E-state index contributed by atoms with van der Waals surface area (Å²) in [5.41, 5.74) is 2.49. The van der Waals surface area contributed by atoms with Gasteiger partial charge in [-0.15, -0.1) is 0 Å². The lowest BCUT2D eigenvalue weighted by atomic mass is 10.3. The SMILES string of the molecule is Cc1nc2ccccc2nc1SC(C)C(=O)Nc1ccc(F)c(F)c1. The molecule has 128 valence electrons. The van der Waals surface area contributed by atoms with Gasteiger partial charge in [-0.05, 0) is 38.1 Å². The number of nitrogens with zero attached hydrogens (tertiary/aromatic N) is 2. The van der Waals surface area contributed by atoms with E-state index < -0.39 is 16.9 Å². The molecule has 2 aromatic carbocycles. The molecule has 1 aromatic heterocycles. The Morgan fingerprint density at radius 1 is 1.08 bits per heavy atom. The van der Waals surface area contributed by atoms with Gasteiger partial charge in [0.25, 0.3) is 0 Å². The minimum atomic E-state index is -1.01. The van der Waals surface area contributed by atoms with Crippen molar-refractivity contribution < 1.29 is 13.6 Å². The second-order valence-electron chi connectivity index (χ2n) is 5.48. The lowest BCUT2D eigenvalue weighted by molar-refractivity contribution is -0.115. The van der Waals surface area contributed by atoms with E-state index in [1.165, 1.54) is 17.8 Å². The number of thioether (sulfide) groups is 1. The van der Waals surface area contributed by atoms with Gasteiger partial charge in [-0.1, -0.05) is 23.9 Å². The first-order valence-electron chi connectivity index (χ1n) is 7.60. The molecule has 1 heterocycles. The molecule has 1 N–H and O–H groups in total. The molecule has 1 atom stereocenters. The second-order valence-corrected chi connectivity index (χ2v) is 6.81. The van der Waals surface area contributed by atoms with Gasteiger partial charge < -0.3 is 5.32 Å². The van der Waals surface area contributed by atoms with E-state index in [1.54, 1.807) is 6.92 Å². The number of hydrogen-bond acceptors (Lipinski definition) is 4. The number of aromatic nitrogens is 2. The second kappa shape index (κ2) is 7.14. The normalized spacial score (nSPS) is 12.2. The topological polar surface area (TPSA) is 54.9 Å². The Labute approximate surface area is 147 Å². The van der Waals surface area contributed by atoms with Crippen LogP contribution >= 0.6 is 11.8 Å². The van der Waals surface area contributed by atoms with E-state index in [2.05, 4.69) is 15.3 Å². The molecule has 0 spiro atoms. The summed E-state index contributed by atoms with van der Waals surface area (Å²) >= 11 is 1.27. The lowest BCUT2D eigenvalue weighted by Gasteiger charge is -2.13. The average Bonchev–Trinajstić information content (AvgIpc) is 2.58. The number of halogens is 2. The van der Waals surface area contributed by atoms with E-state index in [1.807, 2.05) is 31.2 Å². The van der Waals surface area contributed by atoms with E-state index in [-0.39, 0.29) is 11.6 Å². The Morgan fingerprint density at radius 2 is 1.76 bits per heavy atom. The zero-order chi connectivity index (χ0) is 18.0. The molecule has 0 saturated carbocycles. The number of nitrogens with one attached hydrogen (secondary N) is 1. The van der Waals surface area contributed by atoms with Crippen molar-refractivity contribution in [2.75, 3.05) is 5.32 Å². The van der Waals surface area contributed by atoms with E-state index in [0.29, 0.717) is 5.03 Å². The molecule has 0 aliphatic carbocycles. The maximum atomic E-state index is 13.2. The Hall–Kier alpha value is -2.54. The van der Waals surface area contributed by atoms with Crippen LogP contribution < -0.4 is 5.32 Å². The van der Waals surface area contributed by atoms with Gasteiger partial charge in [-0.25, -0.2) is 18.7 Å². The molecule has 0 fully saturated rings. The van der Waals surface area contributed by atoms with Crippen LogP contribution in [0.4, 0.5) is 14.5 Å². The first kappa shape index (κ1) is 17.3. The molecule has 0 aliphatic heterocycles. The van der Waals surface area contributed by atoms with Gasteiger partial charge in [-0.2, -0.15) is 0 Å². The highest BCUT2D eigenvalue weighted by Gasteiger charge is 2.18. The highest BCUT2D eigenvalue weighted by Crippen LogP contribution is 2.26. The standard InChI is InChI=1S/C18H15F2N3OS/c1-10-18(23-16-6-4-3-5-15(16)21-10)25-11(2)17(24)22-12-7-8-13(19)14(20)9-12/h3-9,11H,1-2H3,(H,22,24). The average molecular weight is 359 g/mol. The molecule has 0 saturated heterocycles. The predicted molar refractivity (Wildman–Crippen MR) is 94.6 cm³/mol. The minimum absolute atomic E-state index is 0.206. The summed E-state index contributed by atoms with van der Waals surface area (Å²) in [6.45, 7) is 3.55. The zero-order valence-corrected chi connectivity index (χ0v) is 14.4. The first-order valence-corrected chi connectivity index (χ1v) is 8.48. The van der Waals surface area contributed by atoms with Gasteiger partial charge in [0.05, 0.1) is 22.0 Å². The number of rotatable bonds is 4. The third-order valence-electron chi connectivity index (χ3n) is 3.55. The third-order valence-corrected chi connectivity index (χ3v) is 4.72. The van der Waals surface area contributed by atoms with Crippen LogP contribution in [0.5, 0.6) is 0 Å². The van der Waals surface area contributed by atoms with E-state index in [0.717, 1.165) is 28.9 Å². The molecular formula is C18H15F2N3OS. The summed E-state index contributed by atoms with van der Waals surface area (Å²) in [6.07, 6.45) is 0. The monoisotopic (exact) mass is 359 g/mol. The number of para-hydroxylation sites is 2. The van der Waals surface area contributed by atoms with Crippen molar-refractivity contribution in [2.45, 2.75) is 24.1 Å². The number of amides is 1. The van der Waals surface area contributed by atoms with E-state index in [4.69, 9.17) is 0 Å². The molecule has 25 heavy (non-hydrogen) atoms. The zero-order valence-electron chi connectivity index (χ0n) is 13.6. The summed E-state index contributed by atoms with van der Waals surface area (Å²) in [7, 11) is 0. The van der Waals surface area contributed by atoms with Crippen LogP contribution in [-0.2, 0) is 4.79 Å². The number of fused-ring (bicyclic) bond motifs is 1. The van der Waals surface area contributed by atoms with E-state index in [9.17, 15) is 13.6 Å². The molecule has 0 bridgehead atoms. The van der Waals surface area contributed by atoms with Crippen LogP contribution in [0.1, 0.15) is 12.6 Å². The smallest absolute Gasteiger partial charge is 0.237 e. The van der Waals surface area contributed by atoms with Gasteiger partial charge in [0.15, 0.2) is 11.6 Å². The van der Waals surface area contributed by atoms with Crippen LogP contribution in [0.2, 0.25) is 0 Å². The van der Waals surface area contributed by atoms with Crippen LogP contribution in [0, 0.1) is 18.6 Å². The number of aryl methyl sites for hydroxylation is 1. The molecule has 0 radical (unpaired) electrons. The first-order chi connectivity index (χ1) is 11.9. The van der Waals surface area contributed by atoms with Gasteiger partial charge in [0.1, 0.15) is 5.03 Å². The Morgan fingerprint density at radius 3 is 2.44 bits per heavy atom. The lowest BCUT2D eigenvalue weighted by Crippen LogP contribution is -2.22. The Kier molecular flexibility index (Phi) is 4.94. The van der Waals surface area contributed by atoms with Crippen molar-refractivity contribution in [3.8, 4) is 0 Å². The molecule has 4 nitrogen and oxygen atoms in total. The highest BCUT2D eigenvalue weighted by atomic mass is 32.2. The number of carbonyl (C=O) groups excluding carboxylic acids is 1. The largest absolute Gasteiger partial charge is 0.325 e. The maximum Gasteiger partial charge on any atom is 0.237 e. The number of anilines is 1. The fraction of sp³-hybridized carbons (Fsp3) is 0.167. The molecule has 7 heteroatoms. The van der Waals surface area contributed by atoms with Crippen molar-refractivity contribution in [2.24, 2.45) is 0 Å². The summed E-state index contributed by atoms with van der Waals surface area (Å²) in [4.78, 5) is 21.3. The molecule has 3 aromatic rings. The van der Waals surface area contributed by atoms with Crippen LogP contribution in [0.3, 0.4) is 0 Å². The maximum absolute atomic E-state index is 13.2. The van der Waals surface area contributed by atoms with E-state index >= 15 is 0 Å². The summed E-state index contributed by atoms with van der Waals surface area (Å²) in [6, 6.07) is 10.7. The fourth-order valence-corrected chi connectivity index (χ4v) is 3.09. The molecule has 1 unspecified atom stereocenters. The Bertz CT molecular complexity index is 949.